The Morgan fingerprint density at radius 2 is 1.94 bits per heavy atom. The second-order valence-corrected chi connectivity index (χ2v) is 5.11. The van der Waals surface area contributed by atoms with Crippen LogP contribution < -0.4 is 5.32 Å². The fraction of sp³-hybridized carbons (Fsp3) is 0.533. The van der Waals surface area contributed by atoms with Crippen LogP contribution >= 0.6 is 0 Å². The van der Waals surface area contributed by atoms with Gasteiger partial charge in [-0.1, -0.05) is 18.2 Å². The van der Waals surface area contributed by atoms with Gasteiger partial charge in [-0.2, -0.15) is 0 Å². The standard InChI is InChI=1S/C15H22N2O/c1-12-5-6-14(9-13(12)2)10-16-11-15(18)17-7-3-4-8-17/h5-6,9,16H,3-4,7-8,10-11H2,1-2H3. The van der Waals surface area contributed by atoms with Crippen LogP contribution in [-0.4, -0.2) is 30.4 Å². The quantitative estimate of drug-likeness (QED) is 0.881. The number of amides is 1. The van der Waals surface area contributed by atoms with E-state index in [1.54, 1.807) is 0 Å². The van der Waals surface area contributed by atoms with Gasteiger partial charge in [0.05, 0.1) is 6.54 Å². The maximum atomic E-state index is 11.8. The first-order valence-electron chi connectivity index (χ1n) is 6.71. The number of likely N-dealkylation sites (tertiary alicyclic amines) is 1. The fourth-order valence-corrected chi connectivity index (χ4v) is 2.31. The van der Waals surface area contributed by atoms with Crippen LogP contribution in [0.15, 0.2) is 18.2 Å². The van der Waals surface area contributed by atoms with E-state index in [1.165, 1.54) is 16.7 Å². The highest BCUT2D eigenvalue weighted by Crippen LogP contribution is 2.10. The molecule has 0 atom stereocenters. The molecule has 0 bridgehead atoms. The molecule has 1 N–H and O–H groups in total. The zero-order valence-electron chi connectivity index (χ0n) is 11.3. The average Bonchev–Trinajstić information content (AvgIpc) is 2.87. The van der Waals surface area contributed by atoms with Crippen LogP contribution in [-0.2, 0) is 11.3 Å². The summed E-state index contributed by atoms with van der Waals surface area (Å²) in [4.78, 5) is 13.8. The summed E-state index contributed by atoms with van der Waals surface area (Å²) in [7, 11) is 0. The second-order valence-electron chi connectivity index (χ2n) is 5.11. The lowest BCUT2D eigenvalue weighted by atomic mass is 10.1. The summed E-state index contributed by atoms with van der Waals surface area (Å²) in [5.41, 5.74) is 3.86. The summed E-state index contributed by atoms with van der Waals surface area (Å²) < 4.78 is 0. The fourth-order valence-electron chi connectivity index (χ4n) is 2.31. The summed E-state index contributed by atoms with van der Waals surface area (Å²) in [6, 6.07) is 6.44. The molecule has 0 aromatic heterocycles. The van der Waals surface area contributed by atoms with Gasteiger partial charge >= 0.3 is 0 Å². The molecule has 1 heterocycles. The maximum absolute atomic E-state index is 11.8. The van der Waals surface area contributed by atoms with Crippen molar-refractivity contribution in [2.75, 3.05) is 19.6 Å². The van der Waals surface area contributed by atoms with E-state index in [4.69, 9.17) is 0 Å². The van der Waals surface area contributed by atoms with Gasteiger partial charge in [0.2, 0.25) is 5.91 Å². The van der Waals surface area contributed by atoms with E-state index < -0.39 is 0 Å². The zero-order valence-corrected chi connectivity index (χ0v) is 11.3. The molecule has 3 heteroatoms. The van der Waals surface area contributed by atoms with E-state index in [-0.39, 0.29) is 5.91 Å². The molecule has 1 aliphatic rings. The van der Waals surface area contributed by atoms with Crippen molar-refractivity contribution in [1.29, 1.82) is 0 Å². The molecule has 0 unspecified atom stereocenters. The summed E-state index contributed by atoms with van der Waals surface area (Å²) in [5.74, 6) is 0.233. The number of carbonyl (C=O) groups excluding carboxylic acids is 1. The molecule has 98 valence electrons. The van der Waals surface area contributed by atoms with Crippen LogP contribution in [0.4, 0.5) is 0 Å². The molecule has 0 saturated carbocycles. The minimum Gasteiger partial charge on any atom is -0.342 e. The Morgan fingerprint density at radius 3 is 2.61 bits per heavy atom. The molecule has 1 aromatic rings. The molecule has 1 amide bonds. The maximum Gasteiger partial charge on any atom is 0.236 e. The lowest BCUT2D eigenvalue weighted by molar-refractivity contribution is -0.129. The number of nitrogens with one attached hydrogen (secondary N) is 1. The normalized spacial score (nSPS) is 15.1. The average molecular weight is 246 g/mol. The lowest BCUT2D eigenvalue weighted by Crippen LogP contribution is -2.35. The number of rotatable bonds is 4. The summed E-state index contributed by atoms with van der Waals surface area (Å²) in [5, 5.41) is 3.23. The van der Waals surface area contributed by atoms with E-state index in [0.717, 1.165) is 32.5 Å². The van der Waals surface area contributed by atoms with Crippen LogP contribution in [0.5, 0.6) is 0 Å². The van der Waals surface area contributed by atoms with Crippen molar-refractivity contribution in [3.63, 3.8) is 0 Å². The predicted molar refractivity (Wildman–Crippen MR) is 73.4 cm³/mol. The number of aryl methyl sites for hydroxylation is 2. The third-order valence-electron chi connectivity index (χ3n) is 3.64. The van der Waals surface area contributed by atoms with Crippen LogP contribution in [0, 0.1) is 13.8 Å². The highest BCUT2D eigenvalue weighted by molar-refractivity contribution is 5.78. The third-order valence-corrected chi connectivity index (χ3v) is 3.64. The number of hydrogen-bond donors (Lipinski definition) is 1. The van der Waals surface area contributed by atoms with Crippen LogP contribution in [0.3, 0.4) is 0 Å². The van der Waals surface area contributed by atoms with E-state index in [2.05, 4.69) is 37.4 Å². The number of nitrogens with zero attached hydrogens (tertiary/aromatic N) is 1. The van der Waals surface area contributed by atoms with Crippen molar-refractivity contribution >= 4 is 5.91 Å². The summed E-state index contributed by atoms with van der Waals surface area (Å²) >= 11 is 0. The minimum absolute atomic E-state index is 0.233. The SMILES string of the molecule is Cc1ccc(CNCC(=O)N2CCCC2)cc1C. The smallest absolute Gasteiger partial charge is 0.236 e. The molecule has 1 aliphatic heterocycles. The molecule has 0 spiro atoms. The zero-order chi connectivity index (χ0) is 13.0. The minimum atomic E-state index is 0.233. The number of hydrogen-bond acceptors (Lipinski definition) is 2. The largest absolute Gasteiger partial charge is 0.342 e. The first kappa shape index (κ1) is 13.1. The van der Waals surface area contributed by atoms with Crippen LogP contribution in [0.25, 0.3) is 0 Å². The van der Waals surface area contributed by atoms with E-state index in [9.17, 15) is 4.79 Å². The number of benzene rings is 1. The van der Waals surface area contributed by atoms with Crippen LogP contribution in [0.1, 0.15) is 29.5 Å². The highest BCUT2D eigenvalue weighted by atomic mass is 16.2. The lowest BCUT2D eigenvalue weighted by Gasteiger charge is -2.15. The van der Waals surface area contributed by atoms with Crippen molar-refractivity contribution in [3.8, 4) is 0 Å². The Labute approximate surface area is 109 Å². The molecule has 3 nitrogen and oxygen atoms in total. The Bertz CT molecular complexity index is 423. The highest BCUT2D eigenvalue weighted by Gasteiger charge is 2.16. The van der Waals surface area contributed by atoms with Gasteiger partial charge in [-0.05, 0) is 43.4 Å². The van der Waals surface area contributed by atoms with E-state index in [1.807, 2.05) is 4.90 Å². The van der Waals surface area contributed by atoms with E-state index in [0.29, 0.717) is 6.54 Å². The van der Waals surface area contributed by atoms with Gasteiger partial charge in [0.25, 0.3) is 0 Å². The van der Waals surface area contributed by atoms with Crippen molar-refractivity contribution in [1.82, 2.24) is 10.2 Å². The van der Waals surface area contributed by atoms with Gasteiger partial charge in [0, 0.05) is 19.6 Å². The second kappa shape index (κ2) is 6.01. The first-order chi connectivity index (χ1) is 8.66. The van der Waals surface area contributed by atoms with Crippen LogP contribution in [0.2, 0.25) is 0 Å². The molecule has 1 saturated heterocycles. The number of carbonyl (C=O) groups is 1. The van der Waals surface area contributed by atoms with Gasteiger partial charge in [-0.3, -0.25) is 4.79 Å². The van der Waals surface area contributed by atoms with Gasteiger partial charge in [0.15, 0.2) is 0 Å². The molecule has 1 aromatic carbocycles. The molecular weight excluding hydrogens is 224 g/mol. The summed E-state index contributed by atoms with van der Waals surface area (Å²) in [6.07, 6.45) is 2.31. The topological polar surface area (TPSA) is 32.3 Å². The molecule has 1 fully saturated rings. The summed E-state index contributed by atoms with van der Waals surface area (Å²) in [6.45, 7) is 7.32. The van der Waals surface area contributed by atoms with E-state index >= 15 is 0 Å². The molecular formula is C15H22N2O. The van der Waals surface area contributed by atoms with Gasteiger partial charge < -0.3 is 10.2 Å². The molecule has 0 aliphatic carbocycles. The molecule has 2 rings (SSSR count). The third kappa shape index (κ3) is 3.33. The molecule has 18 heavy (non-hydrogen) atoms. The van der Waals surface area contributed by atoms with Gasteiger partial charge in [-0.15, -0.1) is 0 Å². The molecule has 0 radical (unpaired) electrons. The van der Waals surface area contributed by atoms with Crippen molar-refractivity contribution in [3.05, 3.63) is 34.9 Å². The van der Waals surface area contributed by atoms with Gasteiger partial charge in [-0.25, -0.2) is 0 Å². The Kier molecular flexibility index (Phi) is 4.37. The monoisotopic (exact) mass is 246 g/mol. The van der Waals surface area contributed by atoms with Gasteiger partial charge in [0.1, 0.15) is 0 Å². The Morgan fingerprint density at radius 1 is 1.22 bits per heavy atom. The van der Waals surface area contributed by atoms with Crippen molar-refractivity contribution in [2.45, 2.75) is 33.2 Å². The Hall–Kier alpha value is -1.35. The predicted octanol–water partition coefficient (Wildman–Crippen LogP) is 2.02. The first-order valence-corrected chi connectivity index (χ1v) is 6.71. The van der Waals surface area contributed by atoms with Crippen molar-refractivity contribution in [2.24, 2.45) is 0 Å². The van der Waals surface area contributed by atoms with Crippen molar-refractivity contribution < 1.29 is 4.79 Å². The Balaban J connectivity index is 1.77.